The third-order valence-corrected chi connectivity index (χ3v) is 3.15. The highest BCUT2D eigenvalue weighted by Crippen LogP contribution is 2.38. The second-order valence-corrected chi connectivity index (χ2v) is 4.66. The van der Waals surface area contributed by atoms with Crippen LogP contribution in [0.15, 0.2) is 42.5 Å². The van der Waals surface area contributed by atoms with Gasteiger partial charge in [-0.3, -0.25) is 0 Å². The van der Waals surface area contributed by atoms with Crippen molar-refractivity contribution in [3.05, 3.63) is 59.2 Å². The van der Waals surface area contributed by atoms with Crippen molar-refractivity contribution in [2.45, 2.75) is 18.9 Å². The fraction of sp³-hybridized carbons (Fsp3) is 0.200. The summed E-state index contributed by atoms with van der Waals surface area (Å²) in [4.78, 5) is 0. The van der Waals surface area contributed by atoms with Crippen molar-refractivity contribution in [3.8, 4) is 11.1 Å². The lowest BCUT2D eigenvalue weighted by Gasteiger charge is -2.15. The molecule has 2 aromatic rings. The molecule has 0 bridgehead atoms. The molecule has 0 aliphatic rings. The van der Waals surface area contributed by atoms with Gasteiger partial charge in [0.15, 0.2) is 0 Å². The van der Waals surface area contributed by atoms with Crippen LogP contribution in [0.3, 0.4) is 0 Å². The predicted octanol–water partition coefficient (Wildman–Crippen LogP) is 4.85. The van der Waals surface area contributed by atoms with Crippen molar-refractivity contribution in [1.82, 2.24) is 0 Å². The van der Waals surface area contributed by atoms with Gasteiger partial charge in [0.05, 0.1) is 11.1 Å². The number of nitrogens with two attached hydrogens (primary N) is 1. The van der Waals surface area contributed by atoms with Gasteiger partial charge in [-0.15, -0.1) is 0 Å². The Morgan fingerprint density at radius 3 is 1.82 bits per heavy atom. The topological polar surface area (TPSA) is 26.0 Å². The third kappa shape index (κ3) is 3.41. The smallest absolute Gasteiger partial charge is 0.326 e. The Kier molecular flexibility index (Phi) is 4.19. The second kappa shape index (κ2) is 5.64. The summed E-state index contributed by atoms with van der Waals surface area (Å²) in [5.41, 5.74) is 3.90. The molecule has 2 N–H and O–H groups in total. The minimum atomic E-state index is -4.61. The zero-order chi connectivity index (χ0) is 16.5. The number of hydrogen-bond donors (Lipinski definition) is 1. The molecule has 0 spiro atoms. The number of hydrogen-bond acceptors (Lipinski definition) is 1. The van der Waals surface area contributed by atoms with E-state index in [0.29, 0.717) is 5.56 Å². The van der Waals surface area contributed by atoms with Crippen molar-refractivity contribution in [2.75, 3.05) is 0 Å². The Labute approximate surface area is 122 Å². The Balaban J connectivity index is 2.55. The van der Waals surface area contributed by atoms with Crippen molar-refractivity contribution >= 4 is 0 Å². The molecule has 0 atom stereocenters. The molecule has 0 amide bonds. The number of benzene rings is 2. The Hall–Kier alpha value is -2.02. The van der Waals surface area contributed by atoms with Gasteiger partial charge in [0, 0.05) is 6.54 Å². The monoisotopic (exact) mass is 319 g/mol. The van der Waals surface area contributed by atoms with Crippen molar-refractivity contribution in [3.63, 3.8) is 0 Å². The Morgan fingerprint density at radius 2 is 1.36 bits per heavy atom. The van der Waals surface area contributed by atoms with Gasteiger partial charge in [-0.1, -0.05) is 18.2 Å². The van der Waals surface area contributed by atoms with E-state index in [1.807, 2.05) is 0 Å². The van der Waals surface area contributed by atoms with Crippen molar-refractivity contribution < 1.29 is 26.3 Å². The highest BCUT2D eigenvalue weighted by Gasteiger charge is 2.34. The number of alkyl halides is 6. The maximum atomic E-state index is 13.0. The van der Waals surface area contributed by atoms with E-state index in [9.17, 15) is 26.3 Å². The fourth-order valence-corrected chi connectivity index (χ4v) is 2.04. The number of rotatable bonds is 2. The molecule has 2 rings (SSSR count). The van der Waals surface area contributed by atoms with Gasteiger partial charge in [-0.05, 0) is 41.0 Å². The molecule has 0 saturated carbocycles. The Morgan fingerprint density at radius 1 is 0.773 bits per heavy atom. The van der Waals surface area contributed by atoms with E-state index in [-0.39, 0.29) is 17.7 Å². The van der Waals surface area contributed by atoms with Crippen molar-refractivity contribution in [1.29, 1.82) is 0 Å². The normalized spacial score (nSPS) is 12.5. The van der Waals surface area contributed by atoms with Crippen LogP contribution in [0.4, 0.5) is 26.3 Å². The molecule has 0 saturated heterocycles. The highest BCUT2D eigenvalue weighted by atomic mass is 19.4. The van der Waals surface area contributed by atoms with Gasteiger partial charge in [0.25, 0.3) is 0 Å². The first-order valence-electron chi connectivity index (χ1n) is 6.21. The molecule has 0 aromatic heterocycles. The SMILES string of the molecule is NCc1ccc(C(F)(F)F)c(-c2ccc(C(F)(F)F)cc2)c1. The fourth-order valence-electron chi connectivity index (χ4n) is 2.04. The second-order valence-electron chi connectivity index (χ2n) is 4.66. The van der Waals surface area contributed by atoms with Gasteiger partial charge in [0.1, 0.15) is 0 Å². The van der Waals surface area contributed by atoms with Gasteiger partial charge < -0.3 is 5.73 Å². The largest absolute Gasteiger partial charge is 0.417 e. The zero-order valence-corrected chi connectivity index (χ0v) is 11.1. The standard InChI is InChI=1S/C15H11F6N/c16-14(17,18)11-4-2-10(3-5-11)12-7-9(8-22)1-6-13(12)15(19,20)21/h1-7H,8,22H2. The molecule has 0 heterocycles. The third-order valence-electron chi connectivity index (χ3n) is 3.15. The minimum absolute atomic E-state index is 0.0335. The summed E-state index contributed by atoms with van der Waals surface area (Å²) in [6.45, 7) is 0.0335. The lowest BCUT2D eigenvalue weighted by molar-refractivity contribution is -0.138. The quantitative estimate of drug-likeness (QED) is 0.787. The first-order chi connectivity index (χ1) is 10.1. The molecular formula is C15H11F6N. The molecule has 7 heteroatoms. The van der Waals surface area contributed by atoms with Gasteiger partial charge in [-0.25, -0.2) is 0 Å². The van der Waals surface area contributed by atoms with E-state index in [2.05, 4.69) is 0 Å². The lowest BCUT2D eigenvalue weighted by atomic mass is 9.96. The van der Waals surface area contributed by atoms with Gasteiger partial charge in [-0.2, -0.15) is 26.3 Å². The zero-order valence-electron chi connectivity index (χ0n) is 11.1. The van der Waals surface area contributed by atoms with E-state index < -0.39 is 23.5 Å². The summed E-state index contributed by atoms with van der Waals surface area (Å²) < 4.78 is 76.6. The molecule has 2 aromatic carbocycles. The van der Waals surface area contributed by atoms with Crippen LogP contribution < -0.4 is 5.73 Å². The molecule has 22 heavy (non-hydrogen) atoms. The summed E-state index contributed by atoms with van der Waals surface area (Å²) in [7, 11) is 0. The maximum absolute atomic E-state index is 13.0. The minimum Gasteiger partial charge on any atom is -0.326 e. The average Bonchev–Trinajstić information content (AvgIpc) is 2.45. The number of halogens is 6. The van der Waals surface area contributed by atoms with Crippen LogP contribution in [0, 0.1) is 0 Å². The van der Waals surface area contributed by atoms with E-state index in [0.717, 1.165) is 30.3 Å². The van der Waals surface area contributed by atoms with Crippen LogP contribution in [0.25, 0.3) is 11.1 Å². The summed E-state index contributed by atoms with van der Waals surface area (Å²) in [5, 5.41) is 0. The average molecular weight is 319 g/mol. The summed E-state index contributed by atoms with van der Waals surface area (Å²) in [6, 6.07) is 6.92. The molecule has 0 aliphatic carbocycles. The molecule has 118 valence electrons. The molecule has 1 nitrogen and oxygen atoms in total. The van der Waals surface area contributed by atoms with E-state index in [1.165, 1.54) is 12.1 Å². The molecular weight excluding hydrogens is 308 g/mol. The lowest BCUT2D eigenvalue weighted by Crippen LogP contribution is -2.09. The molecule has 0 radical (unpaired) electrons. The Bertz CT molecular complexity index is 655. The van der Waals surface area contributed by atoms with Crippen LogP contribution in [0.5, 0.6) is 0 Å². The van der Waals surface area contributed by atoms with E-state index >= 15 is 0 Å². The maximum Gasteiger partial charge on any atom is 0.417 e. The van der Waals surface area contributed by atoms with E-state index in [1.54, 1.807) is 0 Å². The van der Waals surface area contributed by atoms with Crippen LogP contribution in [0.2, 0.25) is 0 Å². The van der Waals surface area contributed by atoms with Crippen LogP contribution >= 0.6 is 0 Å². The van der Waals surface area contributed by atoms with Gasteiger partial charge in [0.2, 0.25) is 0 Å². The molecule has 0 aliphatic heterocycles. The summed E-state index contributed by atoms with van der Waals surface area (Å²) in [5.74, 6) is 0. The first-order valence-corrected chi connectivity index (χ1v) is 6.21. The summed E-state index contributed by atoms with van der Waals surface area (Å²) in [6.07, 6.45) is -9.14. The molecule has 0 unspecified atom stereocenters. The summed E-state index contributed by atoms with van der Waals surface area (Å²) >= 11 is 0. The van der Waals surface area contributed by atoms with Gasteiger partial charge >= 0.3 is 12.4 Å². The van der Waals surface area contributed by atoms with Crippen LogP contribution in [-0.2, 0) is 18.9 Å². The van der Waals surface area contributed by atoms with Crippen LogP contribution in [-0.4, -0.2) is 0 Å². The highest BCUT2D eigenvalue weighted by molar-refractivity contribution is 5.69. The van der Waals surface area contributed by atoms with Crippen molar-refractivity contribution in [2.24, 2.45) is 5.73 Å². The molecule has 0 fully saturated rings. The first kappa shape index (κ1) is 16.4. The predicted molar refractivity (Wildman–Crippen MR) is 69.8 cm³/mol. The van der Waals surface area contributed by atoms with E-state index in [4.69, 9.17) is 5.73 Å². The van der Waals surface area contributed by atoms with Crippen LogP contribution in [0.1, 0.15) is 16.7 Å².